The molecule has 0 saturated carbocycles. The third-order valence-electron chi connectivity index (χ3n) is 1.17. The molecule has 70 valence electrons. The van der Waals surface area contributed by atoms with Gasteiger partial charge in [-0.25, -0.2) is 0 Å². The molecule has 3 N–H and O–H groups in total. The SMILES string of the molecule is N/C([S-])=N/[N+](=[Fe])C=C1C=CC=CN1. The Labute approximate surface area is 89.9 Å². The fourth-order valence-corrected chi connectivity index (χ4v) is 1.15. The van der Waals surface area contributed by atoms with Crippen molar-refractivity contribution in [2.45, 2.75) is 0 Å². The van der Waals surface area contributed by atoms with Gasteiger partial charge in [-0.15, -0.1) is 0 Å². The molecule has 0 aromatic heterocycles. The summed E-state index contributed by atoms with van der Waals surface area (Å²) in [6, 6.07) is 0. The van der Waals surface area contributed by atoms with E-state index in [2.05, 4.69) is 38.9 Å². The van der Waals surface area contributed by atoms with Crippen molar-refractivity contribution in [2.75, 3.05) is 0 Å². The molecule has 1 heterocycles. The topological polar surface area (TPSA) is 53.4 Å². The van der Waals surface area contributed by atoms with Gasteiger partial charge in [0.15, 0.2) is 0 Å². The maximum atomic E-state index is 5.20. The summed E-state index contributed by atoms with van der Waals surface area (Å²) in [6.07, 6.45) is 9.15. The first-order valence-corrected chi connectivity index (χ1v) is 4.35. The number of nitrogens with zero attached hydrogens (tertiary/aromatic N) is 2. The van der Waals surface area contributed by atoms with E-state index in [9.17, 15) is 0 Å². The molecule has 1 aliphatic heterocycles. The van der Waals surface area contributed by atoms with E-state index < -0.39 is 0 Å². The Morgan fingerprint density at radius 1 is 1.69 bits per heavy atom. The predicted molar refractivity (Wildman–Crippen MR) is 48.7 cm³/mol. The average molecular weight is 236 g/mol. The predicted octanol–water partition coefficient (Wildman–Crippen LogP) is 0.0204. The number of hydrazone groups is 1. The van der Waals surface area contributed by atoms with E-state index in [1.807, 2.05) is 18.2 Å². The molecule has 0 spiro atoms. The van der Waals surface area contributed by atoms with Crippen molar-refractivity contribution in [1.29, 1.82) is 0 Å². The van der Waals surface area contributed by atoms with Crippen LogP contribution in [-0.2, 0) is 28.4 Å². The van der Waals surface area contributed by atoms with Gasteiger partial charge >= 0.3 is 89.7 Å². The van der Waals surface area contributed by atoms with Crippen LogP contribution in [0.4, 0.5) is 0 Å². The van der Waals surface area contributed by atoms with Crippen molar-refractivity contribution in [2.24, 2.45) is 10.8 Å². The van der Waals surface area contributed by atoms with Crippen LogP contribution in [-0.4, -0.2) is 8.82 Å². The van der Waals surface area contributed by atoms with Gasteiger partial charge in [0.05, 0.1) is 0 Å². The fourth-order valence-electron chi connectivity index (χ4n) is 0.720. The van der Waals surface area contributed by atoms with Crippen LogP contribution in [0, 0.1) is 0 Å². The number of rotatable bonds is 2. The summed E-state index contributed by atoms with van der Waals surface area (Å²) >= 11 is 8.18. The van der Waals surface area contributed by atoms with Crippen LogP contribution in [0.2, 0.25) is 0 Å². The van der Waals surface area contributed by atoms with Crippen molar-refractivity contribution < 1.29 is 19.5 Å². The van der Waals surface area contributed by atoms with Crippen LogP contribution in [0.25, 0.3) is 0 Å². The molecule has 6 heteroatoms. The number of hydrogen-bond acceptors (Lipinski definition) is 3. The molecule has 13 heavy (non-hydrogen) atoms. The molecule has 0 saturated heterocycles. The third-order valence-corrected chi connectivity index (χ3v) is 1.50. The monoisotopic (exact) mass is 236 g/mol. The van der Waals surface area contributed by atoms with Crippen LogP contribution in [0.1, 0.15) is 0 Å². The number of nitrogens with two attached hydrogens (primary N) is 1. The van der Waals surface area contributed by atoms with Crippen LogP contribution >= 0.6 is 0 Å². The maximum absolute atomic E-state index is 5.20. The van der Waals surface area contributed by atoms with Crippen molar-refractivity contribution in [3.05, 3.63) is 36.3 Å². The number of dihydropyridines is 1. The van der Waals surface area contributed by atoms with E-state index >= 15 is 0 Å². The molecule has 0 aromatic rings. The van der Waals surface area contributed by atoms with Gasteiger partial charge in [-0.3, -0.25) is 0 Å². The van der Waals surface area contributed by atoms with E-state index in [1.54, 1.807) is 12.4 Å². The third kappa shape index (κ3) is 3.98. The van der Waals surface area contributed by atoms with E-state index in [0.29, 0.717) is 0 Å². The Morgan fingerprint density at radius 3 is 3.00 bits per heavy atom. The molecule has 0 unspecified atom stereocenters. The van der Waals surface area contributed by atoms with Gasteiger partial charge in [0.25, 0.3) is 0 Å². The zero-order chi connectivity index (χ0) is 9.68. The molecule has 4 nitrogen and oxygen atoms in total. The normalized spacial score (nSPS) is 18.8. The van der Waals surface area contributed by atoms with Crippen molar-refractivity contribution >= 4 is 17.8 Å². The van der Waals surface area contributed by atoms with E-state index in [-0.39, 0.29) is 5.17 Å². The zero-order valence-corrected chi connectivity index (χ0v) is 8.54. The van der Waals surface area contributed by atoms with Gasteiger partial charge in [-0.2, -0.15) is 0 Å². The molecule has 0 aliphatic carbocycles. The van der Waals surface area contributed by atoms with Gasteiger partial charge in [-0.1, -0.05) is 0 Å². The van der Waals surface area contributed by atoms with E-state index in [1.165, 1.54) is 3.65 Å². The molecule has 1 aliphatic rings. The first-order chi connectivity index (χ1) is 6.18. The van der Waals surface area contributed by atoms with Gasteiger partial charge in [0.1, 0.15) is 0 Å². The second kappa shape index (κ2) is 4.91. The summed E-state index contributed by atoms with van der Waals surface area (Å²) < 4.78 is 1.31. The van der Waals surface area contributed by atoms with E-state index in [4.69, 9.17) is 5.73 Å². The Balaban J connectivity index is 2.66. The number of nitrogens with one attached hydrogen (secondary N) is 1. The van der Waals surface area contributed by atoms with Crippen LogP contribution in [0.5, 0.6) is 0 Å². The Kier molecular flexibility index (Phi) is 3.82. The first-order valence-electron chi connectivity index (χ1n) is 3.45. The van der Waals surface area contributed by atoms with Crippen LogP contribution < -0.4 is 11.1 Å². The molecular formula is C7H8FeN4S. The van der Waals surface area contributed by atoms with Crippen molar-refractivity contribution in [3.8, 4) is 0 Å². The second-order valence-electron chi connectivity index (χ2n) is 2.16. The Hall–Kier alpha value is -0.971. The van der Waals surface area contributed by atoms with Gasteiger partial charge in [0.2, 0.25) is 0 Å². The van der Waals surface area contributed by atoms with Crippen LogP contribution in [0.3, 0.4) is 0 Å². The van der Waals surface area contributed by atoms with Crippen molar-refractivity contribution in [1.82, 2.24) is 5.32 Å². The molecule has 0 fully saturated rings. The zero-order valence-electron chi connectivity index (χ0n) is 6.62. The number of hydrogen-bond donors (Lipinski definition) is 2. The Morgan fingerprint density at radius 2 is 2.46 bits per heavy atom. The molecular weight excluding hydrogens is 228 g/mol. The minimum atomic E-state index is 0.0576. The molecule has 0 radical (unpaired) electrons. The fraction of sp³-hybridized carbons (Fsp3) is 0. The summed E-state index contributed by atoms with van der Waals surface area (Å²) in [6.45, 7) is 0. The number of amidine groups is 1. The molecule has 0 atom stereocenters. The van der Waals surface area contributed by atoms with Gasteiger partial charge < -0.3 is 0 Å². The summed E-state index contributed by atoms with van der Waals surface area (Å²) in [5.41, 5.74) is 6.07. The number of allylic oxidation sites excluding steroid dienone is 3. The standard InChI is InChI=1S/C7H9N4S.Fe/c8-7(12)11-10-5-6-3-1-2-4-9-6;/h1-5,9H,(H3,8,11,12);/q-1;+2/p-1. The first kappa shape index (κ1) is 10.1. The van der Waals surface area contributed by atoms with E-state index in [0.717, 1.165) is 5.70 Å². The van der Waals surface area contributed by atoms with Crippen LogP contribution in [0.15, 0.2) is 41.4 Å². The Bertz CT molecular complexity index is 325. The summed E-state index contributed by atoms with van der Waals surface area (Å²) in [5.74, 6) is 0. The minimum absolute atomic E-state index is 0.0576. The van der Waals surface area contributed by atoms with Gasteiger partial charge in [0, 0.05) is 0 Å². The second-order valence-corrected chi connectivity index (χ2v) is 3.09. The molecule has 0 amide bonds. The van der Waals surface area contributed by atoms with Crippen molar-refractivity contribution in [3.63, 3.8) is 0 Å². The quantitative estimate of drug-likeness (QED) is 0.233. The molecule has 0 bridgehead atoms. The summed E-state index contributed by atoms with van der Waals surface area (Å²) in [7, 11) is 0. The molecule has 1 rings (SSSR count). The summed E-state index contributed by atoms with van der Waals surface area (Å²) in [5, 5.41) is 6.78. The molecule has 0 aromatic carbocycles. The summed E-state index contributed by atoms with van der Waals surface area (Å²) in [4.78, 5) is 0. The van der Waals surface area contributed by atoms with Gasteiger partial charge in [-0.05, 0) is 0 Å². The average Bonchev–Trinajstić information content (AvgIpc) is 2.04.